The van der Waals surface area contributed by atoms with E-state index in [0.717, 1.165) is 12.0 Å². The van der Waals surface area contributed by atoms with Gasteiger partial charge in [0.2, 0.25) is 0 Å². The summed E-state index contributed by atoms with van der Waals surface area (Å²) in [4.78, 5) is 6.94. The highest BCUT2D eigenvalue weighted by atomic mass is 15.2. The minimum Gasteiger partial charge on any atom is -0.329 e. The molecule has 2 fully saturated rings. The minimum absolute atomic E-state index is 0.367. The smallest absolute Gasteiger partial charge is 0.0491 e. The van der Waals surface area contributed by atoms with Crippen molar-refractivity contribution in [3.63, 3.8) is 0 Å². The standard InChI is InChI=1S/C15H23N3/c1-11-6-7-17-9-14(11)15(8-16)18(13-4-5-13)10-12-2-3-12/h6-7,9,12-13,15H,2-5,8,10,16H2,1H3. The molecule has 1 unspecified atom stereocenters. The number of hydrogen-bond acceptors (Lipinski definition) is 3. The lowest BCUT2D eigenvalue weighted by atomic mass is 10.0. The largest absolute Gasteiger partial charge is 0.329 e. The molecule has 2 aliphatic carbocycles. The SMILES string of the molecule is Cc1ccncc1C(CN)N(CC1CC1)C1CC1. The molecule has 3 rings (SSSR count). The number of pyridine rings is 1. The summed E-state index contributed by atoms with van der Waals surface area (Å²) in [5.41, 5.74) is 8.71. The van der Waals surface area contributed by atoms with Crippen LogP contribution in [0, 0.1) is 12.8 Å². The van der Waals surface area contributed by atoms with Crippen molar-refractivity contribution in [1.82, 2.24) is 9.88 Å². The predicted molar refractivity (Wildman–Crippen MR) is 73.2 cm³/mol. The molecule has 2 aliphatic rings. The van der Waals surface area contributed by atoms with Crippen molar-refractivity contribution in [3.8, 4) is 0 Å². The summed E-state index contributed by atoms with van der Waals surface area (Å²) in [5, 5.41) is 0. The van der Waals surface area contributed by atoms with Crippen LogP contribution in [0.15, 0.2) is 18.5 Å². The van der Waals surface area contributed by atoms with Crippen molar-refractivity contribution in [2.75, 3.05) is 13.1 Å². The lowest BCUT2D eigenvalue weighted by Gasteiger charge is -2.32. The van der Waals surface area contributed by atoms with Crippen LogP contribution in [0.25, 0.3) is 0 Å². The third kappa shape index (κ3) is 2.57. The van der Waals surface area contributed by atoms with Crippen molar-refractivity contribution in [2.24, 2.45) is 11.7 Å². The van der Waals surface area contributed by atoms with Crippen LogP contribution in [0.5, 0.6) is 0 Å². The zero-order valence-electron chi connectivity index (χ0n) is 11.2. The van der Waals surface area contributed by atoms with Gasteiger partial charge >= 0.3 is 0 Å². The van der Waals surface area contributed by atoms with Gasteiger partial charge in [-0.2, -0.15) is 0 Å². The monoisotopic (exact) mass is 245 g/mol. The van der Waals surface area contributed by atoms with Gasteiger partial charge in [0.15, 0.2) is 0 Å². The van der Waals surface area contributed by atoms with Crippen molar-refractivity contribution in [2.45, 2.75) is 44.7 Å². The topological polar surface area (TPSA) is 42.1 Å². The number of hydrogen-bond donors (Lipinski definition) is 1. The van der Waals surface area contributed by atoms with Gasteiger partial charge in [-0.1, -0.05) is 0 Å². The minimum atomic E-state index is 0.367. The Morgan fingerprint density at radius 2 is 2.17 bits per heavy atom. The fourth-order valence-corrected chi connectivity index (χ4v) is 2.80. The molecule has 3 nitrogen and oxygen atoms in total. The van der Waals surface area contributed by atoms with E-state index < -0.39 is 0 Å². The Bertz CT molecular complexity index is 410. The Morgan fingerprint density at radius 3 is 2.72 bits per heavy atom. The van der Waals surface area contributed by atoms with E-state index in [4.69, 9.17) is 5.73 Å². The van der Waals surface area contributed by atoms with Crippen LogP contribution in [0.1, 0.15) is 42.9 Å². The number of rotatable bonds is 6. The Labute approximate surface area is 109 Å². The summed E-state index contributed by atoms with van der Waals surface area (Å²) in [6.07, 6.45) is 9.40. The molecule has 0 saturated heterocycles. The predicted octanol–water partition coefficient (Wildman–Crippen LogP) is 2.26. The third-order valence-corrected chi connectivity index (χ3v) is 4.24. The average Bonchev–Trinajstić information content (AvgIpc) is 3.25. The summed E-state index contributed by atoms with van der Waals surface area (Å²) >= 11 is 0. The van der Waals surface area contributed by atoms with Crippen molar-refractivity contribution < 1.29 is 0 Å². The zero-order valence-corrected chi connectivity index (χ0v) is 11.2. The fourth-order valence-electron chi connectivity index (χ4n) is 2.80. The first kappa shape index (κ1) is 12.1. The van der Waals surface area contributed by atoms with E-state index in [0.29, 0.717) is 12.6 Å². The Kier molecular flexibility index (Phi) is 3.35. The molecule has 0 aliphatic heterocycles. The van der Waals surface area contributed by atoms with E-state index in [-0.39, 0.29) is 0 Å². The molecule has 0 bridgehead atoms. The normalized spacial score (nSPS) is 21.3. The molecular formula is C15H23N3. The number of nitrogens with two attached hydrogens (primary N) is 1. The molecule has 2 N–H and O–H groups in total. The maximum Gasteiger partial charge on any atom is 0.0491 e. The van der Waals surface area contributed by atoms with Gasteiger partial charge in [-0.3, -0.25) is 9.88 Å². The van der Waals surface area contributed by atoms with E-state index in [9.17, 15) is 0 Å². The number of nitrogens with zero attached hydrogens (tertiary/aromatic N) is 2. The van der Waals surface area contributed by atoms with Crippen LogP contribution in [0.2, 0.25) is 0 Å². The molecule has 1 aromatic heterocycles. The third-order valence-electron chi connectivity index (χ3n) is 4.24. The van der Waals surface area contributed by atoms with Crippen LogP contribution in [0.3, 0.4) is 0 Å². The molecule has 3 heteroatoms. The first-order valence-electron chi connectivity index (χ1n) is 7.16. The molecule has 98 valence electrons. The molecule has 18 heavy (non-hydrogen) atoms. The van der Waals surface area contributed by atoms with Gasteiger partial charge in [-0.25, -0.2) is 0 Å². The lowest BCUT2D eigenvalue weighted by Crippen LogP contribution is -2.37. The van der Waals surface area contributed by atoms with Gasteiger partial charge < -0.3 is 5.73 Å². The van der Waals surface area contributed by atoms with E-state index in [1.165, 1.54) is 43.4 Å². The molecule has 0 radical (unpaired) electrons. The van der Waals surface area contributed by atoms with Gasteiger partial charge in [0.25, 0.3) is 0 Å². The summed E-state index contributed by atoms with van der Waals surface area (Å²) in [7, 11) is 0. The molecule has 0 aromatic carbocycles. The van der Waals surface area contributed by atoms with Crippen LogP contribution < -0.4 is 5.73 Å². The molecular weight excluding hydrogens is 222 g/mol. The van der Waals surface area contributed by atoms with Gasteiger partial charge in [-0.05, 0) is 55.7 Å². The highest BCUT2D eigenvalue weighted by Crippen LogP contribution is 2.39. The van der Waals surface area contributed by atoms with Crippen molar-refractivity contribution in [1.29, 1.82) is 0 Å². The summed E-state index contributed by atoms with van der Waals surface area (Å²) in [5.74, 6) is 0.927. The van der Waals surface area contributed by atoms with E-state index in [1.54, 1.807) is 0 Å². The Morgan fingerprint density at radius 1 is 1.39 bits per heavy atom. The Balaban J connectivity index is 1.82. The summed E-state index contributed by atoms with van der Waals surface area (Å²) in [6, 6.07) is 3.24. The fraction of sp³-hybridized carbons (Fsp3) is 0.667. The van der Waals surface area contributed by atoms with Crippen molar-refractivity contribution in [3.05, 3.63) is 29.6 Å². The average molecular weight is 245 g/mol. The second-order valence-corrected chi connectivity index (χ2v) is 5.86. The van der Waals surface area contributed by atoms with Crippen molar-refractivity contribution >= 4 is 0 Å². The van der Waals surface area contributed by atoms with E-state index >= 15 is 0 Å². The van der Waals surface area contributed by atoms with Gasteiger partial charge in [-0.15, -0.1) is 0 Å². The molecule has 1 atom stereocenters. The van der Waals surface area contributed by atoms with Crippen LogP contribution >= 0.6 is 0 Å². The maximum absolute atomic E-state index is 6.07. The second-order valence-electron chi connectivity index (χ2n) is 5.86. The summed E-state index contributed by atoms with van der Waals surface area (Å²) in [6.45, 7) is 4.11. The van der Waals surface area contributed by atoms with Crippen LogP contribution in [0.4, 0.5) is 0 Å². The molecule has 0 spiro atoms. The summed E-state index contributed by atoms with van der Waals surface area (Å²) < 4.78 is 0. The second kappa shape index (κ2) is 4.98. The molecule has 2 saturated carbocycles. The van der Waals surface area contributed by atoms with Crippen LogP contribution in [-0.2, 0) is 0 Å². The first-order chi connectivity index (χ1) is 8.79. The quantitative estimate of drug-likeness (QED) is 0.836. The lowest BCUT2D eigenvalue weighted by molar-refractivity contribution is 0.182. The highest BCUT2D eigenvalue weighted by Gasteiger charge is 2.37. The highest BCUT2D eigenvalue weighted by molar-refractivity contribution is 5.26. The zero-order chi connectivity index (χ0) is 12.5. The number of aryl methyl sites for hydroxylation is 1. The van der Waals surface area contributed by atoms with Gasteiger partial charge in [0, 0.05) is 37.6 Å². The van der Waals surface area contributed by atoms with Gasteiger partial charge in [0.05, 0.1) is 0 Å². The van der Waals surface area contributed by atoms with Gasteiger partial charge in [0.1, 0.15) is 0 Å². The first-order valence-corrected chi connectivity index (χ1v) is 7.16. The molecule has 0 amide bonds. The van der Waals surface area contributed by atoms with E-state index in [2.05, 4.69) is 22.9 Å². The number of aromatic nitrogens is 1. The molecule has 1 aromatic rings. The maximum atomic E-state index is 6.07. The Hall–Kier alpha value is -0.930. The van der Waals surface area contributed by atoms with Crippen LogP contribution in [-0.4, -0.2) is 29.0 Å². The molecule has 1 heterocycles. The van der Waals surface area contributed by atoms with E-state index in [1.807, 2.05) is 12.4 Å².